The van der Waals surface area contributed by atoms with Gasteiger partial charge < -0.3 is 15.0 Å². The van der Waals surface area contributed by atoms with Crippen LogP contribution in [0.5, 0.6) is 5.75 Å². The maximum absolute atomic E-state index is 12.2. The molecule has 0 aromatic heterocycles. The summed E-state index contributed by atoms with van der Waals surface area (Å²) in [6.07, 6.45) is 0. The van der Waals surface area contributed by atoms with Crippen LogP contribution in [0.1, 0.15) is 27.8 Å². The first-order chi connectivity index (χ1) is 11.9. The van der Waals surface area contributed by atoms with Gasteiger partial charge in [0.2, 0.25) is 0 Å². The zero-order valence-corrected chi connectivity index (χ0v) is 15.9. The summed E-state index contributed by atoms with van der Waals surface area (Å²) in [4.78, 5) is 13.5. The van der Waals surface area contributed by atoms with E-state index in [4.69, 9.17) is 4.74 Å². The molecule has 2 N–H and O–H groups in total. The van der Waals surface area contributed by atoms with Crippen molar-refractivity contribution in [2.45, 2.75) is 33.9 Å². The van der Waals surface area contributed by atoms with Gasteiger partial charge in [-0.05, 0) is 37.5 Å². The van der Waals surface area contributed by atoms with Gasteiger partial charge in [0.15, 0.2) is 6.61 Å². The Bertz CT molecular complexity index is 715. The second-order valence-electron chi connectivity index (χ2n) is 6.95. The number of carbonyl (C=O) groups is 1. The van der Waals surface area contributed by atoms with Crippen molar-refractivity contribution in [1.29, 1.82) is 0 Å². The molecular formula is C21H29N2O2+. The lowest BCUT2D eigenvalue weighted by Crippen LogP contribution is -3.04. The average Bonchev–Trinajstić information content (AvgIpc) is 2.52. The van der Waals surface area contributed by atoms with E-state index >= 15 is 0 Å². The van der Waals surface area contributed by atoms with Crippen LogP contribution in [0.2, 0.25) is 0 Å². The van der Waals surface area contributed by atoms with E-state index in [9.17, 15) is 4.79 Å². The van der Waals surface area contributed by atoms with Gasteiger partial charge >= 0.3 is 0 Å². The largest absolute Gasteiger partial charge is 0.483 e. The van der Waals surface area contributed by atoms with E-state index in [0.29, 0.717) is 6.54 Å². The first kappa shape index (κ1) is 19.0. The molecule has 0 radical (unpaired) electrons. The fourth-order valence-electron chi connectivity index (χ4n) is 3.06. The summed E-state index contributed by atoms with van der Waals surface area (Å²) in [5, 5.41) is 2.96. The summed E-state index contributed by atoms with van der Waals surface area (Å²) in [6.45, 7) is 7.57. The summed E-state index contributed by atoms with van der Waals surface area (Å²) >= 11 is 0. The molecule has 0 aliphatic carbocycles. The monoisotopic (exact) mass is 341 g/mol. The van der Waals surface area contributed by atoms with Crippen LogP contribution in [0.3, 0.4) is 0 Å². The molecule has 4 heteroatoms. The summed E-state index contributed by atoms with van der Waals surface area (Å²) in [6, 6.07) is 12.4. The van der Waals surface area contributed by atoms with Gasteiger partial charge in [-0.1, -0.05) is 42.0 Å². The molecule has 0 unspecified atom stereocenters. The highest BCUT2D eigenvalue weighted by atomic mass is 16.5. The highest BCUT2D eigenvalue weighted by Crippen LogP contribution is 2.24. The van der Waals surface area contributed by atoms with Crippen molar-refractivity contribution in [3.8, 4) is 5.75 Å². The Morgan fingerprint density at radius 1 is 1.04 bits per heavy atom. The Balaban J connectivity index is 1.92. The summed E-state index contributed by atoms with van der Waals surface area (Å²) in [5.74, 6) is 0.698. The Kier molecular flexibility index (Phi) is 6.59. The molecule has 4 nitrogen and oxygen atoms in total. The molecule has 134 valence electrons. The molecule has 0 bridgehead atoms. The number of rotatable bonds is 7. The molecule has 0 atom stereocenters. The maximum Gasteiger partial charge on any atom is 0.258 e. The molecule has 0 spiro atoms. The number of amides is 1. The Morgan fingerprint density at radius 2 is 1.64 bits per heavy atom. The normalized spacial score (nSPS) is 10.8. The fraction of sp³-hybridized carbons (Fsp3) is 0.381. The van der Waals surface area contributed by atoms with Gasteiger partial charge in [0.05, 0.1) is 14.1 Å². The molecule has 0 aliphatic heterocycles. The molecule has 25 heavy (non-hydrogen) atoms. The lowest BCUT2D eigenvalue weighted by Gasteiger charge is -2.14. The van der Waals surface area contributed by atoms with Gasteiger partial charge in [0.25, 0.3) is 5.91 Å². The number of aryl methyl sites for hydroxylation is 3. The lowest BCUT2D eigenvalue weighted by molar-refractivity contribution is -0.872. The molecule has 0 aliphatic rings. The van der Waals surface area contributed by atoms with Crippen molar-refractivity contribution in [2.24, 2.45) is 0 Å². The van der Waals surface area contributed by atoms with Crippen LogP contribution in [0.25, 0.3) is 0 Å². The number of hydrogen-bond acceptors (Lipinski definition) is 2. The van der Waals surface area contributed by atoms with E-state index in [2.05, 4.69) is 50.6 Å². The van der Waals surface area contributed by atoms with E-state index in [1.165, 1.54) is 16.0 Å². The predicted molar refractivity (Wildman–Crippen MR) is 101 cm³/mol. The first-order valence-corrected chi connectivity index (χ1v) is 8.70. The highest BCUT2D eigenvalue weighted by molar-refractivity contribution is 5.77. The van der Waals surface area contributed by atoms with Crippen LogP contribution in [0, 0.1) is 20.8 Å². The van der Waals surface area contributed by atoms with Gasteiger partial charge in [0, 0.05) is 12.1 Å². The third-order valence-electron chi connectivity index (χ3n) is 4.09. The molecule has 2 aromatic carbocycles. The van der Waals surface area contributed by atoms with E-state index in [1.807, 2.05) is 26.0 Å². The van der Waals surface area contributed by atoms with E-state index in [0.717, 1.165) is 29.0 Å². The fourth-order valence-corrected chi connectivity index (χ4v) is 3.06. The highest BCUT2D eigenvalue weighted by Gasteiger charge is 2.10. The molecule has 0 saturated carbocycles. The minimum absolute atomic E-state index is 0.0336. The van der Waals surface area contributed by atoms with Crippen molar-refractivity contribution in [1.82, 2.24) is 5.32 Å². The van der Waals surface area contributed by atoms with E-state index < -0.39 is 0 Å². The average molecular weight is 341 g/mol. The quantitative estimate of drug-likeness (QED) is 0.808. The van der Waals surface area contributed by atoms with Crippen LogP contribution in [-0.2, 0) is 17.9 Å². The van der Waals surface area contributed by atoms with Crippen LogP contribution in [0.4, 0.5) is 0 Å². The topological polar surface area (TPSA) is 42.8 Å². The van der Waals surface area contributed by atoms with Crippen LogP contribution in [-0.4, -0.2) is 26.6 Å². The van der Waals surface area contributed by atoms with Crippen LogP contribution >= 0.6 is 0 Å². The molecule has 2 rings (SSSR count). The Morgan fingerprint density at radius 3 is 2.24 bits per heavy atom. The molecule has 0 heterocycles. The molecule has 0 saturated heterocycles. The third-order valence-corrected chi connectivity index (χ3v) is 4.09. The smallest absolute Gasteiger partial charge is 0.258 e. The summed E-state index contributed by atoms with van der Waals surface area (Å²) in [7, 11) is 4.24. The van der Waals surface area contributed by atoms with Crippen LogP contribution < -0.4 is 15.0 Å². The van der Waals surface area contributed by atoms with Crippen molar-refractivity contribution in [2.75, 3.05) is 20.7 Å². The van der Waals surface area contributed by atoms with Gasteiger partial charge in [-0.3, -0.25) is 4.79 Å². The zero-order valence-electron chi connectivity index (χ0n) is 15.9. The summed E-state index contributed by atoms with van der Waals surface area (Å²) in [5.41, 5.74) is 5.73. The second-order valence-corrected chi connectivity index (χ2v) is 6.95. The Labute approximate surface area is 150 Å². The SMILES string of the molecule is Cc1cc(C)c(OCC(=O)NCc2ccccc2C[NH+](C)C)c(C)c1. The molecule has 1 amide bonds. The Hall–Kier alpha value is -2.33. The van der Waals surface area contributed by atoms with Gasteiger partial charge in [-0.15, -0.1) is 0 Å². The molecular weight excluding hydrogens is 312 g/mol. The zero-order chi connectivity index (χ0) is 18.4. The summed E-state index contributed by atoms with van der Waals surface area (Å²) < 4.78 is 5.75. The number of carbonyl (C=O) groups excluding carboxylic acids is 1. The van der Waals surface area contributed by atoms with Crippen molar-refractivity contribution < 1.29 is 14.4 Å². The van der Waals surface area contributed by atoms with Gasteiger partial charge in [-0.25, -0.2) is 0 Å². The van der Waals surface area contributed by atoms with Gasteiger partial charge in [0.1, 0.15) is 12.3 Å². The number of ether oxygens (including phenoxy) is 1. The number of hydrogen-bond donors (Lipinski definition) is 2. The minimum Gasteiger partial charge on any atom is -0.483 e. The van der Waals surface area contributed by atoms with E-state index in [1.54, 1.807) is 0 Å². The second kappa shape index (κ2) is 8.67. The lowest BCUT2D eigenvalue weighted by atomic mass is 10.1. The number of nitrogens with one attached hydrogen (secondary N) is 2. The van der Waals surface area contributed by atoms with Gasteiger partial charge in [-0.2, -0.15) is 0 Å². The number of quaternary nitrogens is 1. The molecule has 2 aromatic rings. The van der Waals surface area contributed by atoms with Crippen molar-refractivity contribution in [3.05, 3.63) is 64.2 Å². The maximum atomic E-state index is 12.2. The first-order valence-electron chi connectivity index (χ1n) is 8.70. The minimum atomic E-state index is -0.105. The third kappa shape index (κ3) is 5.61. The van der Waals surface area contributed by atoms with Crippen LogP contribution in [0.15, 0.2) is 36.4 Å². The predicted octanol–water partition coefficient (Wildman–Crippen LogP) is 1.95. The standard InChI is InChI=1S/C21H28N2O2/c1-15-10-16(2)21(17(3)11-15)25-14-20(24)22-12-18-8-6-7-9-19(18)13-23(4)5/h6-11H,12-14H2,1-5H3,(H,22,24)/p+1. The number of benzene rings is 2. The molecule has 0 fully saturated rings. The van der Waals surface area contributed by atoms with Crippen molar-refractivity contribution in [3.63, 3.8) is 0 Å². The van der Waals surface area contributed by atoms with Crippen molar-refractivity contribution >= 4 is 5.91 Å². The van der Waals surface area contributed by atoms with E-state index in [-0.39, 0.29) is 12.5 Å².